The molecule has 1 N–H and O–H groups in total. The molecule has 0 spiro atoms. The molecular weight excluding hydrogens is 278 g/mol. The van der Waals surface area contributed by atoms with Gasteiger partial charge in [0.25, 0.3) is 0 Å². The van der Waals surface area contributed by atoms with E-state index in [2.05, 4.69) is 17.3 Å². The normalized spacial score (nSPS) is 10.6. The molecule has 0 bridgehead atoms. The molecule has 0 fully saturated rings. The molecule has 0 aliphatic carbocycles. The van der Waals surface area contributed by atoms with E-state index >= 15 is 0 Å². The molecule has 0 saturated heterocycles. The van der Waals surface area contributed by atoms with Crippen LogP contribution in [0.2, 0.25) is 0 Å². The molecule has 4 heteroatoms. The van der Waals surface area contributed by atoms with Gasteiger partial charge in [-0.15, -0.1) is 0 Å². The Morgan fingerprint density at radius 3 is 2.50 bits per heavy atom. The number of methoxy groups -OCH3 is 1. The molecule has 112 valence electrons. The van der Waals surface area contributed by atoms with Crippen LogP contribution in [0.4, 0.5) is 0 Å². The zero-order valence-corrected chi connectivity index (χ0v) is 12.3. The minimum atomic E-state index is -0.322. The van der Waals surface area contributed by atoms with Gasteiger partial charge in [-0.2, -0.15) is 0 Å². The highest BCUT2D eigenvalue weighted by Gasteiger charge is 2.16. The van der Waals surface area contributed by atoms with Crippen molar-refractivity contribution >= 4 is 0 Å². The molecule has 3 rings (SSSR count). The van der Waals surface area contributed by atoms with Crippen molar-refractivity contribution in [3.8, 4) is 17.0 Å². The number of H-pyrrole nitrogens is 1. The highest BCUT2D eigenvalue weighted by Crippen LogP contribution is 2.30. The molecule has 3 aromatic rings. The van der Waals surface area contributed by atoms with Gasteiger partial charge in [-0.1, -0.05) is 42.5 Å². The predicted octanol–water partition coefficient (Wildman–Crippen LogP) is 3.43. The molecule has 1 heterocycles. The largest absolute Gasteiger partial charge is 0.496 e. The van der Waals surface area contributed by atoms with Crippen LogP contribution < -0.4 is 10.4 Å². The van der Waals surface area contributed by atoms with E-state index in [9.17, 15) is 4.79 Å². The van der Waals surface area contributed by atoms with E-state index in [-0.39, 0.29) is 5.63 Å². The summed E-state index contributed by atoms with van der Waals surface area (Å²) in [6.45, 7) is 0. The van der Waals surface area contributed by atoms with E-state index < -0.39 is 0 Å². The molecule has 0 saturated carbocycles. The third-order valence-corrected chi connectivity index (χ3v) is 3.68. The van der Waals surface area contributed by atoms with Gasteiger partial charge < -0.3 is 9.26 Å². The number of aromatic nitrogens is 1. The average molecular weight is 295 g/mol. The van der Waals surface area contributed by atoms with E-state index in [4.69, 9.17) is 9.26 Å². The number of hydrogen-bond donors (Lipinski definition) is 1. The van der Waals surface area contributed by atoms with Crippen molar-refractivity contribution in [3.05, 3.63) is 76.1 Å². The smallest absolute Gasteiger partial charge is 0.361 e. The second-order valence-electron chi connectivity index (χ2n) is 5.03. The maximum atomic E-state index is 12.0. The Morgan fingerprint density at radius 2 is 1.73 bits per heavy atom. The highest BCUT2D eigenvalue weighted by atomic mass is 16.5. The number of para-hydroxylation sites is 1. The maximum Gasteiger partial charge on any atom is 0.361 e. The molecule has 0 aliphatic heterocycles. The van der Waals surface area contributed by atoms with Crippen LogP contribution in [0.25, 0.3) is 11.3 Å². The molecule has 1 aromatic heterocycles. The van der Waals surface area contributed by atoms with Gasteiger partial charge in [0.1, 0.15) is 5.75 Å². The van der Waals surface area contributed by atoms with Gasteiger partial charge in [0.15, 0.2) is 0 Å². The first-order valence-electron chi connectivity index (χ1n) is 7.17. The monoisotopic (exact) mass is 295 g/mol. The molecular formula is C18H17NO3. The number of rotatable bonds is 5. The summed E-state index contributed by atoms with van der Waals surface area (Å²) in [4.78, 5) is 12.0. The first-order chi connectivity index (χ1) is 10.8. The lowest BCUT2D eigenvalue weighted by Gasteiger charge is -2.07. The van der Waals surface area contributed by atoms with Gasteiger partial charge in [-0.25, -0.2) is 9.95 Å². The van der Waals surface area contributed by atoms with Crippen molar-refractivity contribution in [2.24, 2.45) is 0 Å². The van der Waals surface area contributed by atoms with E-state index in [0.29, 0.717) is 23.4 Å². The quantitative estimate of drug-likeness (QED) is 0.784. The second-order valence-corrected chi connectivity index (χ2v) is 5.03. The van der Waals surface area contributed by atoms with Gasteiger partial charge in [-0.05, 0) is 30.5 Å². The fourth-order valence-electron chi connectivity index (χ4n) is 2.53. The summed E-state index contributed by atoms with van der Waals surface area (Å²) in [5, 5.41) is 2.73. The third-order valence-electron chi connectivity index (χ3n) is 3.68. The topological polar surface area (TPSA) is 55.2 Å². The summed E-state index contributed by atoms with van der Waals surface area (Å²) in [6, 6.07) is 17.6. The van der Waals surface area contributed by atoms with E-state index in [0.717, 1.165) is 12.0 Å². The number of ether oxygens (including phenoxy) is 1. The van der Waals surface area contributed by atoms with Crippen LogP contribution in [0.5, 0.6) is 5.75 Å². The molecule has 0 radical (unpaired) electrons. The average Bonchev–Trinajstić information content (AvgIpc) is 2.94. The number of hydrogen-bond acceptors (Lipinski definition) is 3. The van der Waals surface area contributed by atoms with E-state index in [1.807, 2.05) is 42.5 Å². The molecule has 0 amide bonds. The molecule has 0 aliphatic rings. The Morgan fingerprint density at radius 1 is 1.00 bits per heavy atom. The van der Waals surface area contributed by atoms with Gasteiger partial charge in [0.2, 0.25) is 0 Å². The standard InChI is InChI=1S/C18H17NO3/c1-21-16-10-6-5-9-14(16)17-15(18(20)22-19-17)12-11-13-7-3-2-4-8-13/h2-10,19H,11-12H2,1H3. The van der Waals surface area contributed by atoms with Gasteiger partial charge in [-0.3, -0.25) is 0 Å². The summed E-state index contributed by atoms with van der Waals surface area (Å²) in [7, 11) is 1.61. The SMILES string of the molecule is COc1ccccc1-c1[nH]oc(=O)c1CCc1ccccc1. The first-order valence-corrected chi connectivity index (χ1v) is 7.17. The van der Waals surface area contributed by atoms with Crippen molar-refractivity contribution in [3.63, 3.8) is 0 Å². The van der Waals surface area contributed by atoms with Gasteiger partial charge in [0.05, 0.1) is 18.4 Å². The van der Waals surface area contributed by atoms with E-state index in [1.54, 1.807) is 7.11 Å². The van der Waals surface area contributed by atoms with E-state index in [1.165, 1.54) is 5.56 Å². The summed E-state index contributed by atoms with van der Waals surface area (Å²) in [5.74, 6) is 0.709. The summed E-state index contributed by atoms with van der Waals surface area (Å²) >= 11 is 0. The fourth-order valence-corrected chi connectivity index (χ4v) is 2.53. The number of aryl methyl sites for hydroxylation is 1. The zero-order chi connectivity index (χ0) is 15.4. The van der Waals surface area contributed by atoms with Crippen molar-refractivity contribution in [2.45, 2.75) is 12.8 Å². The molecule has 4 nitrogen and oxygen atoms in total. The third kappa shape index (κ3) is 2.81. The van der Waals surface area contributed by atoms with Crippen molar-refractivity contribution in [1.82, 2.24) is 5.16 Å². The van der Waals surface area contributed by atoms with Crippen LogP contribution in [-0.2, 0) is 12.8 Å². The summed E-state index contributed by atoms with van der Waals surface area (Å²) in [6.07, 6.45) is 1.40. The van der Waals surface area contributed by atoms with Crippen LogP contribution in [0.15, 0.2) is 63.9 Å². The summed E-state index contributed by atoms with van der Waals surface area (Å²) in [5.41, 5.74) is 3.04. The van der Waals surface area contributed by atoms with Crippen LogP contribution in [0.1, 0.15) is 11.1 Å². The second kappa shape index (κ2) is 6.35. The van der Waals surface area contributed by atoms with Crippen LogP contribution in [0, 0.1) is 0 Å². The number of aromatic amines is 1. The maximum absolute atomic E-state index is 12.0. The Balaban J connectivity index is 1.93. The van der Waals surface area contributed by atoms with Crippen LogP contribution in [0.3, 0.4) is 0 Å². The molecule has 0 unspecified atom stereocenters. The summed E-state index contributed by atoms with van der Waals surface area (Å²) < 4.78 is 10.4. The first kappa shape index (κ1) is 14.2. The Labute approximate surface area is 128 Å². The van der Waals surface area contributed by atoms with Crippen molar-refractivity contribution in [2.75, 3.05) is 7.11 Å². The lowest BCUT2D eigenvalue weighted by Crippen LogP contribution is -2.05. The van der Waals surface area contributed by atoms with Gasteiger partial charge in [0, 0.05) is 5.56 Å². The number of benzene rings is 2. The van der Waals surface area contributed by atoms with Crippen LogP contribution in [-0.4, -0.2) is 12.3 Å². The molecule has 0 atom stereocenters. The lowest BCUT2D eigenvalue weighted by atomic mass is 10.0. The fraction of sp³-hybridized carbons (Fsp3) is 0.167. The lowest BCUT2D eigenvalue weighted by molar-refractivity contribution is 0.390. The molecule has 22 heavy (non-hydrogen) atoms. The highest BCUT2D eigenvalue weighted by molar-refractivity contribution is 5.69. The molecule has 2 aromatic carbocycles. The Hall–Kier alpha value is -2.75. The number of nitrogens with one attached hydrogen (secondary N) is 1. The zero-order valence-electron chi connectivity index (χ0n) is 12.3. The van der Waals surface area contributed by atoms with Gasteiger partial charge >= 0.3 is 5.63 Å². The minimum absolute atomic E-state index is 0.322. The van der Waals surface area contributed by atoms with Crippen molar-refractivity contribution in [1.29, 1.82) is 0 Å². The predicted molar refractivity (Wildman–Crippen MR) is 85.2 cm³/mol. The van der Waals surface area contributed by atoms with Crippen LogP contribution >= 0.6 is 0 Å². The minimum Gasteiger partial charge on any atom is -0.496 e. The van der Waals surface area contributed by atoms with Crippen molar-refractivity contribution < 1.29 is 9.26 Å². The Kier molecular flexibility index (Phi) is 4.10. The Bertz CT molecular complexity index is 802.